The van der Waals surface area contributed by atoms with Crippen LogP contribution in [0.3, 0.4) is 0 Å². The minimum atomic E-state index is 0.634. The fourth-order valence-corrected chi connectivity index (χ4v) is 2.43. The van der Waals surface area contributed by atoms with Gasteiger partial charge in [0.25, 0.3) is 0 Å². The summed E-state index contributed by atoms with van der Waals surface area (Å²) in [5.74, 6) is 1.54. The van der Waals surface area contributed by atoms with E-state index in [1.54, 1.807) is 12.1 Å². The minimum Gasteiger partial charge on any atom is -0.493 e. The molecule has 0 heterocycles. The molecular formula is C16H21NO2. The summed E-state index contributed by atoms with van der Waals surface area (Å²) in [6, 6.07) is 9.36. The van der Waals surface area contributed by atoms with Crippen molar-refractivity contribution < 1.29 is 9.47 Å². The van der Waals surface area contributed by atoms with Gasteiger partial charge in [-0.05, 0) is 37.0 Å². The Morgan fingerprint density at radius 2 is 2.05 bits per heavy atom. The van der Waals surface area contributed by atoms with Gasteiger partial charge in [-0.25, -0.2) is 0 Å². The maximum Gasteiger partial charge on any atom is 0.120 e. The molecule has 3 heteroatoms. The molecule has 3 nitrogen and oxygen atoms in total. The van der Waals surface area contributed by atoms with E-state index in [4.69, 9.17) is 14.7 Å². The van der Waals surface area contributed by atoms with Crippen LogP contribution in [0.25, 0.3) is 0 Å². The Morgan fingerprint density at radius 1 is 1.21 bits per heavy atom. The molecule has 0 aromatic heterocycles. The van der Waals surface area contributed by atoms with Crippen molar-refractivity contribution in [2.45, 2.75) is 32.1 Å². The van der Waals surface area contributed by atoms with Crippen LogP contribution in [-0.2, 0) is 4.74 Å². The SMILES string of the molecule is N#Cc1cccc(OCCCOCC2CCCC2)c1. The van der Waals surface area contributed by atoms with Crippen molar-refractivity contribution in [3.8, 4) is 11.8 Å². The Bertz CT molecular complexity index is 419. The lowest BCUT2D eigenvalue weighted by Crippen LogP contribution is -2.08. The fourth-order valence-electron chi connectivity index (χ4n) is 2.43. The van der Waals surface area contributed by atoms with E-state index in [0.717, 1.165) is 31.3 Å². The van der Waals surface area contributed by atoms with E-state index >= 15 is 0 Å². The molecule has 1 saturated carbocycles. The lowest BCUT2D eigenvalue weighted by atomic mass is 10.1. The molecule has 19 heavy (non-hydrogen) atoms. The third-order valence-corrected chi connectivity index (χ3v) is 3.49. The van der Waals surface area contributed by atoms with E-state index in [0.29, 0.717) is 12.2 Å². The van der Waals surface area contributed by atoms with E-state index < -0.39 is 0 Å². The van der Waals surface area contributed by atoms with Crippen molar-refractivity contribution in [1.82, 2.24) is 0 Å². The Hall–Kier alpha value is -1.53. The molecule has 1 fully saturated rings. The van der Waals surface area contributed by atoms with Gasteiger partial charge in [-0.1, -0.05) is 18.9 Å². The first-order valence-corrected chi connectivity index (χ1v) is 7.09. The summed E-state index contributed by atoms with van der Waals surface area (Å²) >= 11 is 0. The second-order valence-electron chi connectivity index (χ2n) is 5.07. The van der Waals surface area contributed by atoms with Gasteiger partial charge in [0.05, 0.1) is 18.2 Å². The van der Waals surface area contributed by atoms with Crippen LogP contribution < -0.4 is 4.74 Å². The third-order valence-electron chi connectivity index (χ3n) is 3.49. The topological polar surface area (TPSA) is 42.2 Å². The number of ether oxygens (including phenoxy) is 2. The van der Waals surface area contributed by atoms with E-state index in [2.05, 4.69) is 6.07 Å². The second kappa shape index (κ2) is 7.81. The number of benzene rings is 1. The van der Waals surface area contributed by atoms with Crippen LogP contribution in [0.4, 0.5) is 0 Å². The zero-order valence-electron chi connectivity index (χ0n) is 11.3. The Balaban J connectivity index is 1.55. The van der Waals surface area contributed by atoms with Crippen LogP contribution in [-0.4, -0.2) is 19.8 Å². The molecule has 0 bridgehead atoms. The van der Waals surface area contributed by atoms with Crippen LogP contribution in [0.2, 0.25) is 0 Å². The summed E-state index contributed by atoms with van der Waals surface area (Å²) in [6.07, 6.45) is 6.29. The van der Waals surface area contributed by atoms with Gasteiger partial charge in [-0.15, -0.1) is 0 Å². The van der Waals surface area contributed by atoms with E-state index in [1.807, 2.05) is 12.1 Å². The van der Waals surface area contributed by atoms with Crippen molar-refractivity contribution in [3.05, 3.63) is 29.8 Å². The highest BCUT2D eigenvalue weighted by molar-refractivity contribution is 5.36. The van der Waals surface area contributed by atoms with Crippen LogP contribution in [0.15, 0.2) is 24.3 Å². The summed E-state index contributed by atoms with van der Waals surface area (Å²) in [5.41, 5.74) is 0.634. The van der Waals surface area contributed by atoms with Crippen LogP contribution in [0.1, 0.15) is 37.7 Å². The maximum atomic E-state index is 8.78. The Kier molecular flexibility index (Phi) is 5.71. The molecule has 0 amide bonds. The number of rotatable bonds is 7. The summed E-state index contributed by atoms with van der Waals surface area (Å²) in [4.78, 5) is 0. The molecule has 0 atom stereocenters. The molecule has 0 saturated heterocycles. The molecule has 102 valence electrons. The predicted molar refractivity (Wildman–Crippen MR) is 74.0 cm³/mol. The summed E-state index contributed by atoms with van der Waals surface area (Å²) < 4.78 is 11.3. The largest absolute Gasteiger partial charge is 0.493 e. The van der Waals surface area contributed by atoms with Gasteiger partial charge in [0, 0.05) is 19.6 Å². The highest BCUT2D eigenvalue weighted by atomic mass is 16.5. The fraction of sp³-hybridized carbons (Fsp3) is 0.562. The zero-order valence-corrected chi connectivity index (χ0v) is 11.3. The molecule has 1 aliphatic rings. The average molecular weight is 259 g/mol. The first kappa shape index (κ1) is 13.9. The molecular weight excluding hydrogens is 238 g/mol. The monoisotopic (exact) mass is 259 g/mol. The Labute approximate surface area is 115 Å². The quantitative estimate of drug-likeness (QED) is 0.703. The van der Waals surface area contributed by atoms with Crippen LogP contribution >= 0.6 is 0 Å². The van der Waals surface area contributed by atoms with E-state index in [-0.39, 0.29) is 0 Å². The molecule has 1 aromatic rings. The highest BCUT2D eigenvalue weighted by Crippen LogP contribution is 2.24. The van der Waals surface area contributed by atoms with Crippen LogP contribution in [0.5, 0.6) is 5.75 Å². The van der Waals surface area contributed by atoms with Crippen molar-refractivity contribution in [2.24, 2.45) is 5.92 Å². The molecule has 0 N–H and O–H groups in total. The summed E-state index contributed by atoms with van der Waals surface area (Å²) in [7, 11) is 0. The van der Waals surface area contributed by atoms with Gasteiger partial charge in [-0.3, -0.25) is 0 Å². The second-order valence-corrected chi connectivity index (χ2v) is 5.07. The number of nitrogens with zero attached hydrogens (tertiary/aromatic N) is 1. The van der Waals surface area contributed by atoms with Gasteiger partial charge in [0.1, 0.15) is 5.75 Å². The molecule has 1 aromatic carbocycles. The minimum absolute atomic E-state index is 0.634. The van der Waals surface area contributed by atoms with Gasteiger partial charge in [0.15, 0.2) is 0 Å². The molecule has 0 unspecified atom stereocenters. The molecule has 0 aliphatic heterocycles. The number of hydrogen-bond acceptors (Lipinski definition) is 3. The maximum absolute atomic E-state index is 8.78. The predicted octanol–water partition coefficient (Wildman–Crippen LogP) is 3.53. The van der Waals surface area contributed by atoms with Crippen molar-refractivity contribution in [1.29, 1.82) is 5.26 Å². The number of nitriles is 1. The van der Waals surface area contributed by atoms with Gasteiger partial charge >= 0.3 is 0 Å². The highest BCUT2D eigenvalue weighted by Gasteiger charge is 2.14. The molecule has 0 radical (unpaired) electrons. The van der Waals surface area contributed by atoms with Gasteiger partial charge in [0.2, 0.25) is 0 Å². The van der Waals surface area contributed by atoms with Crippen molar-refractivity contribution >= 4 is 0 Å². The molecule has 2 rings (SSSR count). The standard InChI is InChI=1S/C16H21NO2/c17-12-15-7-3-8-16(11-15)19-10-4-9-18-13-14-5-1-2-6-14/h3,7-8,11,14H,1-2,4-6,9-10,13H2. The van der Waals surface area contributed by atoms with E-state index in [1.165, 1.54) is 25.7 Å². The third kappa shape index (κ3) is 4.92. The van der Waals surface area contributed by atoms with E-state index in [9.17, 15) is 0 Å². The molecule has 0 spiro atoms. The van der Waals surface area contributed by atoms with Gasteiger partial charge < -0.3 is 9.47 Å². The Morgan fingerprint density at radius 3 is 2.84 bits per heavy atom. The zero-order chi connectivity index (χ0) is 13.3. The smallest absolute Gasteiger partial charge is 0.120 e. The lowest BCUT2D eigenvalue weighted by molar-refractivity contribution is 0.0906. The van der Waals surface area contributed by atoms with Gasteiger partial charge in [-0.2, -0.15) is 5.26 Å². The summed E-state index contributed by atoms with van der Waals surface area (Å²) in [6.45, 7) is 2.30. The van der Waals surface area contributed by atoms with Crippen LogP contribution in [0, 0.1) is 17.2 Å². The number of hydrogen-bond donors (Lipinski definition) is 0. The average Bonchev–Trinajstić information content (AvgIpc) is 2.96. The first-order chi connectivity index (χ1) is 9.38. The molecule has 1 aliphatic carbocycles. The first-order valence-electron chi connectivity index (χ1n) is 7.09. The van der Waals surface area contributed by atoms with Crippen molar-refractivity contribution in [2.75, 3.05) is 19.8 Å². The van der Waals surface area contributed by atoms with Crippen molar-refractivity contribution in [3.63, 3.8) is 0 Å². The normalized spacial score (nSPS) is 15.3. The summed E-state index contributed by atoms with van der Waals surface area (Å²) in [5, 5.41) is 8.78. The lowest BCUT2D eigenvalue weighted by Gasteiger charge is -2.10.